The Bertz CT molecular complexity index is 516. The van der Waals surface area contributed by atoms with E-state index in [4.69, 9.17) is 4.74 Å². The van der Waals surface area contributed by atoms with Crippen molar-refractivity contribution in [3.05, 3.63) is 23.9 Å². The number of carbonyl (C=O) groups excluding carboxylic acids is 2. The molecule has 1 aromatic rings. The fourth-order valence-electron chi connectivity index (χ4n) is 1.57. The maximum Gasteiger partial charge on any atom is 0.433 e. The molecule has 1 atom stereocenters. The number of nitrogens with zero attached hydrogens (tertiary/aromatic N) is 1. The Morgan fingerprint density at radius 2 is 2.05 bits per heavy atom. The van der Waals surface area contributed by atoms with Crippen LogP contribution in [0.1, 0.15) is 18.5 Å². The molecule has 1 unspecified atom stereocenters. The molecule has 1 aliphatic rings. The molecule has 8 heteroatoms. The Balaban J connectivity index is 2.11. The fraction of sp³-hybridized carbons (Fsp3) is 0.364. The van der Waals surface area contributed by atoms with Gasteiger partial charge < -0.3 is 4.74 Å². The summed E-state index contributed by atoms with van der Waals surface area (Å²) in [5.41, 5.74) is -1.10. The van der Waals surface area contributed by atoms with Crippen LogP contribution in [0.5, 0.6) is 5.88 Å². The van der Waals surface area contributed by atoms with Crippen molar-refractivity contribution in [1.82, 2.24) is 10.3 Å². The smallest absolute Gasteiger partial charge is 0.433 e. The van der Waals surface area contributed by atoms with E-state index in [2.05, 4.69) is 4.98 Å². The van der Waals surface area contributed by atoms with E-state index in [9.17, 15) is 22.8 Å². The normalized spacial score (nSPS) is 20.1. The Kier molecular flexibility index (Phi) is 3.41. The molecule has 5 nitrogen and oxygen atoms in total. The van der Waals surface area contributed by atoms with E-state index in [0.717, 1.165) is 12.1 Å². The minimum Gasteiger partial charge on any atom is -0.464 e. The minimum atomic E-state index is -4.58. The number of pyridine rings is 1. The van der Waals surface area contributed by atoms with Crippen molar-refractivity contribution in [2.75, 3.05) is 0 Å². The van der Waals surface area contributed by atoms with Gasteiger partial charge in [-0.15, -0.1) is 0 Å². The molecular weight excluding hydrogens is 265 g/mol. The third-order valence-corrected chi connectivity index (χ3v) is 2.47. The maximum absolute atomic E-state index is 12.4. The SMILES string of the molecule is O=C1CCC(Oc2cccc(C(F)(F)F)n2)C(=O)N1. The monoisotopic (exact) mass is 274 g/mol. The number of hydrogen-bond donors (Lipinski definition) is 1. The molecule has 0 aliphatic carbocycles. The summed E-state index contributed by atoms with van der Waals surface area (Å²) in [6.07, 6.45) is -5.39. The van der Waals surface area contributed by atoms with E-state index < -0.39 is 29.8 Å². The number of ether oxygens (including phenoxy) is 1. The number of piperidine rings is 1. The number of aromatic nitrogens is 1. The third-order valence-electron chi connectivity index (χ3n) is 2.47. The topological polar surface area (TPSA) is 68.3 Å². The summed E-state index contributed by atoms with van der Waals surface area (Å²) in [4.78, 5) is 25.6. The lowest BCUT2D eigenvalue weighted by atomic mass is 10.1. The van der Waals surface area contributed by atoms with Crippen LogP contribution >= 0.6 is 0 Å². The molecule has 0 radical (unpaired) electrons. The molecule has 0 bridgehead atoms. The van der Waals surface area contributed by atoms with Crippen molar-refractivity contribution in [3.63, 3.8) is 0 Å². The Hall–Kier alpha value is -2.12. The van der Waals surface area contributed by atoms with Crippen molar-refractivity contribution >= 4 is 11.8 Å². The molecule has 2 amide bonds. The second kappa shape index (κ2) is 4.87. The first kappa shape index (κ1) is 13.3. The number of alkyl halides is 3. The fourth-order valence-corrected chi connectivity index (χ4v) is 1.57. The molecule has 0 spiro atoms. The molecular formula is C11H9F3N2O3. The molecule has 1 N–H and O–H groups in total. The minimum absolute atomic E-state index is 0.0787. The molecule has 1 aliphatic heterocycles. The van der Waals surface area contributed by atoms with Crippen LogP contribution in [0.25, 0.3) is 0 Å². The predicted octanol–water partition coefficient (Wildman–Crippen LogP) is 1.28. The highest BCUT2D eigenvalue weighted by atomic mass is 19.4. The lowest BCUT2D eigenvalue weighted by Crippen LogP contribution is -2.46. The van der Waals surface area contributed by atoms with Crippen LogP contribution in [-0.4, -0.2) is 22.9 Å². The first-order valence-electron chi connectivity index (χ1n) is 5.41. The van der Waals surface area contributed by atoms with Crippen LogP contribution in [-0.2, 0) is 15.8 Å². The van der Waals surface area contributed by atoms with Crippen molar-refractivity contribution in [3.8, 4) is 5.88 Å². The number of rotatable bonds is 2. The highest BCUT2D eigenvalue weighted by molar-refractivity contribution is 5.99. The van der Waals surface area contributed by atoms with E-state index in [1.165, 1.54) is 6.07 Å². The van der Waals surface area contributed by atoms with E-state index in [1.807, 2.05) is 5.32 Å². The first-order chi connectivity index (χ1) is 8.86. The Labute approximate surface area is 105 Å². The Morgan fingerprint density at radius 3 is 2.68 bits per heavy atom. The van der Waals surface area contributed by atoms with Gasteiger partial charge in [0.25, 0.3) is 5.91 Å². The lowest BCUT2D eigenvalue weighted by molar-refractivity contribution is -0.141. The molecule has 0 saturated carbocycles. The summed E-state index contributed by atoms with van der Waals surface area (Å²) in [5, 5.41) is 2.04. The largest absolute Gasteiger partial charge is 0.464 e. The zero-order valence-corrected chi connectivity index (χ0v) is 9.53. The van der Waals surface area contributed by atoms with Gasteiger partial charge in [0, 0.05) is 18.9 Å². The maximum atomic E-state index is 12.4. The van der Waals surface area contributed by atoms with Gasteiger partial charge in [0.2, 0.25) is 11.8 Å². The zero-order chi connectivity index (χ0) is 14.0. The van der Waals surface area contributed by atoms with Crippen LogP contribution in [0.15, 0.2) is 18.2 Å². The highest BCUT2D eigenvalue weighted by Crippen LogP contribution is 2.29. The lowest BCUT2D eigenvalue weighted by Gasteiger charge is -2.21. The van der Waals surface area contributed by atoms with Gasteiger partial charge in [0.15, 0.2) is 6.10 Å². The number of amides is 2. The van der Waals surface area contributed by atoms with Crippen molar-refractivity contribution in [2.24, 2.45) is 0 Å². The third kappa shape index (κ3) is 3.21. The van der Waals surface area contributed by atoms with Crippen LogP contribution < -0.4 is 10.1 Å². The molecule has 102 valence electrons. The number of hydrogen-bond acceptors (Lipinski definition) is 4. The van der Waals surface area contributed by atoms with Crippen LogP contribution in [0.3, 0.4) is 0 Å². The van der Waals surface area contributed by atoms with Gasteiger partial charge in [-0.2, -0.15) is 13.2 Å². The molecule has 2 heterocycles. The molecule has 1 fully saturated rings. The number of halogens is 3. The van der Waals surface area contributed by atoms with Crippen molar-refractivity contribution in [1.29, 1.82) is 0 Å². The van der Waals surface area contributed by atoms with E-state index in [0.29, 0.717) is 0 Å². The summed E-state index contributed by atoms with van der Waals surface area (Å²) in [6.45, 7) is 0. The van der Waals surface area contributed by atoms with E-state index in [-0.39, 0.29) is 18.7 Å². The average Bonchev–Trinajstić information content (AvgIpc) is 2.32. The summed E-state index contributed by atoms with van der Waals surface area (Å²) < 4.78 is 42.4. The van der Waals surface area contributed by atoms with Gasteiger partial charge >= 0.3 is 6.18 Å². The van der Waals surface area contributed by atoms with Crippen molar-refractivity contribution in [2.45, 2.75) is 25.1 Å². The summed E-state index contributed by atoms with van der Waals surface area (Å²) >= 11 is 0. The van der Waals surface area contributed by atoms with Gasteiger partial charge in [0.05, 0.1) is 0 Å². The van der Waals surface area contributed by atoms with Crippen LogP contribution in [0, 0.1) is 0 Å². The van der Waals surface area contributed by atoms with Crippen LogP contribution in [0.2, 0.25) is 0 Å². The zero-order valence-electron chi connectivity index (χ0n) is 9.53. The predicted molar refractivity (Wildman–Crippen MR) is 56.0 cm³/mol. The summed E-state index contributed by atoms with van der Waals surface area (Å²) in [7, 11) is 0. The number of imide groups is 1. The quantitative estimate of drug-likeness (QED) is 0.825. The molecule has 2 rings (SSSR count). The first-order valence-corrected chi connectivity index (χ1v) is 5.41. The van der Waals surface area contributed by atoms with E-state index >= 15 is 0 Å². The summed E-state index contributed by atoms with van der Waals surface area (Å²) in [5.74, 6) is -1.40. The number of carbonyl (C=O) groups is 2. The second-order valence-electron chi connectivity index (χ2n) is 3.92. The second-order valence-corrected chi connectivity index (χ2v) is 3.92. The standard InChI is InChI=1S/C11H9F3N2O3/c12-11(13,14)7-2-1-3-9(15-7)19-6-4-5-8(17)16-10(6)18/h1-3,6H,4-5H2,(H,16,17,18). The van der Waals surface area contributed by atoms with Gasteiger partial charge in [0.1, 0.15) is 5.69 Å². The molecule has 0 aromatic carbocycles. The van der Waals surface area contributed by atoms with Gasteiger partial charge in [-0.3, -0.25) is 14.9 Å². The molecule has 1 aromatic heterocycles. The van der Waals surface area contributed by atoms with Gasteiger partial charge in [-0.05, 0) is 6.07 Å². The Morgan fingerprint density at radius 1 is 1.32 bits per heavy atom. The average molecular weight is 274 g/mol. The highest BCUT2D eigenvalue weighted by Gasteiger charge is 2.33. The number of nitrogens with one attached hydrogen (secondary N) is 1. The molecule has 1 saturated heterocycles. The van der Waals surface area contributed by atoms with Gasteiger partial charge in [-0.25, -0.2) is 4.98 Å². The molecule has 19 heavy (non-hydrogen) atoms. The summed E-state index contributed by atoms with van der Waals surface area (Å²) in [6, 6.07) is 3.16. The van der Waals surface area contributed by atoms with Gasteiger partial charge in [-0.1, -0.05) is 6.07 Å². The van der Waals surface area contributed by atoms with Crippen molar-refractivity contribution < 1.29 is 27.5 Å². The van der Waals surface area contributed by atoms with Crippen LogP contribution in [0.4, 0.5) is 13.2 Å². The van der Waals surface area contributed by atoms with E-state index in [1.54, 1.807) is 0 Å².